The summed E-state index contributed by atoms with van der Waals surface area (Å²) in [4.78, 5) is 13.0. The maximum atomic E-state index is 10.9. The lowest BCUT2D eigenvalue weighted by Gasteiger charge is -2.29. The minimum Gasteiger partial charge on any atom is -0.481 e. The first-order chi connectivity index (χ1) is 9.20. The highest BCUT2D eigenvalue weighted by Gasteiger charge is 2.25. The molecule has 0 atom stereocenters. The lowest BCUT2D eigenvalue weighted by molar-refractivity contribution is -0.142. The Kier molecular flexibility index (Phi) is 4.85. The molecule has 106 valence electrons. The molecule has 1 fully saturated rings. The average Bonchev–Trinajstić information content (AvgIpc) is 2.88. The van der Waals surface area contributed by atoms with Gasteiger partial charge in [-0.15, -0.1) is 0 Å². The zero-order valence-corrected chi connectivity index (χ0v) is 11.4. The Hall–Kier alpha value is -1.49. The number of nitrogens with one attached hydrogen (secondary N) is 1. The molecule has 2 N–H and O–H groups in total. The predicted molar refractivity (Wildman–Crippen MR) is 73.3 cm³/mol. The fourth-order valence-corrected chi connectivity index (χ4v) is 2.37. The third kappa shape index (κ3) is 3.73. The van der Waals surface area contributed by atoms with E-state index in [1.165, 1.54) is 0 Å². The van der Waals surface area contributed by atoms with Crippen LogP contribution in [0.25, 0.3) is 0 Å². The SMILES string of the molecule is CCCNCc1ccc(N2CCC(C(=O)O)CC2)o1. The number of carboxylic acids is 1. The molecule has 0 saturated carbocycles. The summed E-state index contributed by atoms with van der Waals surface area (Å²) in [6.45, 7) is 5.38. The number of hydrogen-bond donors (Lipinski definition) is 2. The van der Waals surface area contributed by atoms with E-state index in [-0.39, 0.29) is 5.92 Å². The zero-order valence-electron chi connectivity index (χ0n) is 11.4. The quantitative estimate of drug-likeness (QED) is 0.772. The van der Waals surface area contributed by atoms with Crippen LogP contribution in [0.15, 0.2) is 16.5 Å². The van der Waals surface area contributed by atoms with Crippen molar-refractivity contribution in [3.05, 3.63) is 17.9 Å². The summed E-state index contributed by atoms with van der Waals surface area (Å²) in [7, 11) is 0. The van der Waals surface area contributed by atoms with Crippen LogP contribution in [0.5, 0.6) is 0 Å². The average molecular weight is 266 g/mol. The van der Waals surface area contributed by atoms with Crippen LogP contribution in [0.1, 0.15) is 31.9 Å². The van der Waals surface area contributed by atoms with E-state index in [2.05, 4.69) is 17.1 Å². The van der Waals surface area contributed by atoms with Crippen LogP contribution in [-0.2, 0) is 11.3 Å². The highest BCUT2D eigenvalue weighted by molar-refractivity contribution is 5.70. The molecular formula is C14H22N2O3. The van der Waals surface area contributed by atoms with Crippen molar-refractivity contribution in [2.45, 2.75) is 32.7 Å². The molecule has 0 bridgehead atoms. The molecule has 2 rings (SSSR count). The fourth-order valence-electron chi connectivity index (χ4n) is 2.37. The van der Waals surface area contributed by atoms with Gasteiger partial charge in [0.1, 0.15) is 5.76 Å². The van der Waals surface area contributed by atoms with Crippen molar-refractivity contribution >= 4 is 11.9 Å². The molecule has 1 saturated heterocycles. The largest absolute Gasteiger partial charge is 0.481 e. The normalized spacial score (nSPS) is 16.8. The van der Waals surface area contributed by atoms with Gasteiger partial charge in [0.25, 0.3) is 0 Å². The molecule has 1 aromatic rings. The number of nitrogens with zero attached hydrogens (tertiary/aromatic N) is 1. The van der Waals surface area contributed by atoms with E-state index in [1.807, 2.05) is 12.1 Å². The van der Waals surface area contributed by atoms with E-state index in [4.69, 9.17) is 9.52 Å². The van der Waals surface area contributed by atoms with E-state index >= 15 is 0 Å². The first kappa shape index (κ1) is 13.9. The summed E-state index contributed by atoms with van der Waals surface area (Å²) >= 11 is 0. The van der Waals surface area contributed by atoms with Gasteiger partial charge in [-0.2, -0.15) is 0 Å². The van der Waals surface area contributed by atoms with Crippen LogP contribution in [0.2, 0.25) is 0 Å². The Balaban J connectivity index is 1.84. The summed E-state index contributed by atoms with van der Waals surface area (Å²) < 4.78 is 5.78. The van der Waals surface area contributed by atoms with Crippen molar-refractivity contribution in [1.29, 1.82) is 0 Å². The molecule has 1 aromatic heterocycles. The van der Waals surface area contributed by atoms with Gasteiger partial charge in [0.05, 0.1) is 12.5 Å². The van der Waals surface area contributed by atoms with Gasteiger partial charge in [-0.3, -0.25) is 4.79 Å². The highest BCUT2D eigenvalue weighted by atomic mass is 16.4. The van der Waals surface area contributed by atoms with E-state index in [1.54, 1.807) is 0 Å². The monoisotopic (exact) mass is 266 g/mol. The molecular weight excluding hydrogens is 244 g/mol. The van der Waals surface area contributed by atoms with Gasteiger partial charge in [0.2, 0.25) is 0 Å². The second-order valence-electron chi connectivity index (χ2n) is 5.02. The molecule has 2 heterocycles. The van der Waals surface area contributed by atoms with Gasteiger partial charge in [-0.05, 0) is 31.9 Å². The van der Waals surface area contributed by atoms with Crippen molar-refractivity contribution in [3.8, 4) is 0 Å². The van der Waals surface area contributed by atoms with E-state index in [0.717, 1.165) is 44.2 Å². The number of anilines is 1. The number of aliphatic carboxylic acids is 1. The van der Waals surface area contributed by atoms with Crippen molar-refractivity contribution in [2.24, 2.45) is 5.92 Å². The molecule has 0 amide bonds. The first-order valence-electron chi connectivity index (χ1n) is 6.98. The van der Waals surface area contributed by atoms with Gasteiger partial charge >= 0.3 is 5.97 Å². The predicted octanol–water partition coefficient (Wildman–Crippen LogP) is 2.08. The van der Waals surface area contributed by atoms with Crippen LogP contribution in [0.4, 0.5) is 5.88 Å². The number of carbonyl (C=O) groups is 1. The van der Waals surface area contributed by atoms with Gasteiger partial charge in [0, 0.05) is 19.2 Å². The molecule has 19 heavy (non-hydrogen) atoms. The van der Waals surface area contributed by atoms with Crippen LogP contribution >= 0.6 is 0 Å². The highest BCUT2D eigenvalue weighted by Crippen LogP contribution is 2.25. The topological polar surface area (TPSA) is 65.7 Å². The van der Waals surface area contributed by atoms with E-state index in [9.17, 15) is 4.79 Å². The van der Waals surface area contributed by atoms with Crippen molar-refractivity contribution < 1.29 is 14.3 Å². The Morgan fingerprint density at radius 3 is 2.84 bits per heavy atom. The Labute approximate surface area is 113 Å². The van der Waals surface area contributed by atoms with Gasteiger partial charge < -0.3 is 19.7 Å². The standard InChI is InChI=1S/C14H22N2O3/c1-2-7-15-10-12-3-4-13(19-12)16-8-5-11(6-9-16)14(17)18/h3-4,11,15H,2,5-10H2,1H3,(H,17,18). The molecule has 0 aromatic carbocycles. The molecule has 0 spiro atoms. The van der Waals surface area contributed by atoms with Crippen molar-refractivity contribution in [2.75, 3.05) is 24.5 Å². The maximum Gasteiger partial charge on any atom is 0.306 e. The summed E-state index contributed by atoms with van der Waals surface area (Å²) in [5.74, 6) is 0.918. The number of carboxylic acid groups (broad SMARTS) is 1. The second kappa shape index (κ2) is 6.61. The van der Waals surface area contributed by atoms with E-state index < -0.39 is 5.97 Å². The summed E-state index contributed by atoms with van der Waals surface area (Å²) in [6, 6.07) is 3.96. The van der Waals surface area contributed by atoms with Crippen molar-refractivity contribution in [1.82, 2.24) is 5.32 Å². The lowest BCUT2D eigenvalue weighted by atomic mass is 9.97. The first-order valence-corrected chi connectivity index (χ1v) is 6.98. The van der Waals surface area contributed by atoms with Crippen LogP contribution in [-0.4, -0.2) is 30.7 Å². The lowest BCUT2D eigenvalue weighted by Crippen LogP contribution is -2.36. The van der Waals surface area contributed by atoms with Crippen LogP contribution in [0.3, 0.4) is 0 Å². The zero-order chi connectivity index (χ0) is 13.7. The van der Waals surface area contributed by atoms with Gasteiger partial charge in [-0.25, -0.2) is 0 Å². The second-order valence-corrected chi connectivity index (χ2v) is 5.02. The Morgan fingerprint density at radius 1 is 1.47 bits per heavy atom. The minimum absolute atomic E-state index is 0.197. The summed E-state index contributed by atoms with van der Waals surface area (Å²) in [5, 5.41) is 12.3. The number of furan rings is 1. The molecule has 5 nitrogen and oxygen atoms in total. The smallest absolute Gasteiger partial charge is 0.306 e. The van der Waals surface area contributed by atoms with E-state index in [0.29, 0.717) is 12.8 Å². The fraction of sp³-hybridized carbons (Fsp3) is 0.643. The molecule has 0 aliphatic carbocycles. The van der Waals surface area contributed by atoms with Gasteiger partial charge in [0.15, 0.2) is 5.88 Å². The van der Waals surface area contributed by atoms with Crippen LogP contribution in [0, 0.1) is 5.92 Å². The number of piperidine rings is 1. The minimum atomic E-state index is -0.677. The van der Waals surface area contributed by atoms with Gasteiger partial charge in [-0.1, -0.05) is 6.92 Å². The third-order valence-corrected chi connectivity index (χ3v) is 3.53. The summed E-state index contributed by atoms with van der Waals surface area (Å²) in [5.41, 5.74) is 0. The number of hydrogen-bond acceptors (Lipinski definition) is 4. The molecule has 0 radical (unpaired) electrons. The molecule has 0 unspecified atom stereocenters. The van der Waals surface area contributed by atoms with Crippen LogP contribution < -0.4 is 10.2 Å². The Bertz CT molecular complexity index is 409. The maximum absolute atomic E-state index is 10.9. The molecule has 1 aliphatic heterocycles. The molecule has 1 aliphatic rings. The summed E-state index contributed by atoms with van der Waals surface area (Å²) in [6.07, 6.45) is 2.50. The number of rotatable bonds is 6. The third-order valence-electron chi connectivity index (χ3n) is 3.53. The molecule has 5 heteroatoms. The Morgan fingerprint density at radius 2 is 2.21 bits per heavy atom. The van der Waals surface area contributed by atoms with Crippen molar-refractivity contribution in [3.63, 3.8) is 0 Å².